The number of carbonyl (C=O) groups excluding carboxylic acids is 3. The van der Waals surface area contributed by atoms with Gasteiger partial charge in [-0.2, -0.15) is 0 Å². The first kappa shape index (κ1) is 22.4. The van der Waals surface area contributed by atoms with E-state index in [2.05, 4.69) is 22.5 Å². The van der Waals surface area contributed by atoms with E-state index in [0.717, 1.165) is 0 Å². The lowest BCUT2D eigenvalue weighted by molar-refractivity contribution is -0.115. The Balaban J connectivity index is 1.61. The molecule has 1 aromatic heterocycles. The summed E-state index contributed by atoms with van der Waals surface area (Å²) in [5.74, 6) is 5.96. The monoisotopic (exact) mass is 430 g/mol. The van der Waals surface area contributed by atoms with Crippen LogP contribution in [0, 0.1) is 25.7 Å². The molecule has 7 heteroatoms. The molecule has 1 heterocycles. The lowest BCUT2D eigenvalue weighted by Crippen LogP contribution is -2.32. The Hall–Kier alpha value is -4.31. The van der Waals surface area contributed by atoms with E-state index in [1.165, 1.54) is 7.11 Å². The molecule has 0 radical (unpaired) electrons. The number of amides is 2. The Labute approximate surface area is 185 Å². The van der Waals surface area contributed by atoms with Gasteiger partial charge in [-0.25, -0.2) is 4.79 Å². The molecule has 32 heavy (non-hydrogen) atoms. The summed E-state index contributed by atoms with van der Waals surface area (Å²) < 4.78 is 10.0. The van der Waals surface area contributed by atoms with Crippen molar-refractivity contribution in [1.29, 1.82) is 0 Å². The zero-order valence-corrected chi connectivity index (χ0v) is 17.9. The molecule has 0 atom stereocenters. The van der Waals surface area contributed by atoms with Gasteiger partial charge in [0.15, 0.2) is 0 Å². The third kappa shape index (κ3) is 5.86. The van der Waals surface area contributed by atoms with Crippen molar-refractivity contribution in [3.8, 4) is 11.8 Å². The molecule has 2 N–H and O–H groups in total. The SMILES string of the molecule is COC(=O)c1cccc(C#Cc2cccc(NC(=O)CNC(=O)c3cc(C)oc3C)c2)c1. The van der Waals surface area contributed by atoms with Gasteiger partial charge in [0.25, 0.3) is 5.91 Å². The average molecular weight is 430 g/mol. The first-order chi connectivity index (χ1) is 15.4. The van der Waals surface area contributed by atoms with Gasteiger partial charge in [0.2, 0.25) is 5.91 Å². The Morgan fingerprint density at radius 2 is 1.66 bits per heavy atom. The van der Waals surface area contributed by atoms with E-state index in [4.69, 9.17) is 9.15 Å². The molecule has 0 spiro atoms. The van der Waals surface area contributed by atoms with Gasteiger partial charge in [0.1, 0.15) is 11.5 Å². The van der Waals surface area contributed by atoms with Crippen molar-refractivity contribution in [2.45, 2.75) is 13.8 Å². The molecule has 0 aliphatic heterocycles. The Bertz CT molecular complexity index is 1230. The lowest BCUT2D eigenvalue weighted by Gasteiger charge is -2.07. The topological polar surface area (TPSA) is 97.6 Å². The summed E-state index contributed by atoms with van der Waals surface area (Å²) in [6.07, 6.45) is 0. The van der Waals surface area contributed by atoms with E-state index in [9.17, 15) is 14.4 Å². The van der Waals surface area contributed by atoms with Crippen molar-refractivity contribution < 1.29 is 23.5 Å². The third-order valence-electron chi connectivity index (χ3n) is 4.48. The maximum atomic E-state index is 12.2. The summed E-state index contributed by atoms with van der Waals surface area (Å²) >= 11 is 0. The largest absolute Gasteiger partial charge is 0.466 e. The van der Waals surface area contributed by atoms with Gasteiger partial charge in [-0.1, -0.05) is 24.0 Å². The van der Waals surface area contributed by atoms with E-state index in [1.807, 2.05) is 0 Å². The zero-order chi connectivity index (χ0) is 23.1. The molecule has 162 valence electrons. The predicted octanol–water partition coefficient (Wildman–Crippen LogP) is 3.45. The number of esters is 1. The van der Waals surface area contributed by atoms with Gasteiger partial charge in [0, 0.05) is 16.8 Å². The number of anilines is 1. The molecule has 0 aliphatic carbocycles. The van der Waals surface area contributed by atoms with Crippen LogP contribution in [0.5, 0.6) is 0 Å². The van der Waals surface area contributed by atoms with Gasteiger partial charge in [-0.3, -0.25) is 9.59 Å². The molecule has 0 aliphatic rings. The predicted molar refractivity (Wildman–Crippen MR) is 119 cm³/mol. The highest BCUT2D eigenvalue weighted by molar-refractivity contribution is 6.00. The Morgan fingerprint density at radius 3 is 2.31 bits per heavy atom. The molecule has 0 unspecified atom stereocenters. The number of rotatable bonds is 5. The van der Waals surface area contributed by atoms with Gasteiger partial charge in [-0.15, -0.1) is 0 Å². The fraction of sp³-hybridized carbons (Fsp3) is 0.160. The number of hydrogen-bond donors (Lipinski definition) is 2. The molecule has 7 nitrogen and oxygen atoms in total. The maximum Gasteiger partial charge on any atom is 0.337 e. The smallest absolute Gasteiger partial charge is 0.337 e. The highest BCUT2D eigenvalue weighted by atomic mass is 16.5. The Kier molecular flexibility index (Phi) is 7.09. The summed E-state index contributed by atoms with van der Waals surface area (Å²) in [6.45, 7) is 3.27. The van der Waals surface area contributed by atoms with Crippen LogP contribution in [0.1, 0.15) is 43.4 Å². The van der Waals surface area contributed by atoms with Gasteiger partial charge in [-0.05, 0) is 56.3 Å². The first-order valence-electron chi connectivity index (χ1n) is 9.81. The van der Waals surface area contributed by atoms with Crippen LogP contribution in [0.15, 0.2) is 59.0 Å². The van der Waals surface area contributed by atoms with E-state index in [0.29, 0.717) is 39.5 Å². The lowest BCUT2D eigenvalue weighted by atomic mass is 10.1. The molecular weight excluding hydrogens is 408 g/mol. The summed E-state index contributed by atoms with van der Waals surface area (Å²) in [5, 5.41) is 5.31. The zero-order valence-electron chi connectivity index (χ0n) is 17.9. The van der Waals surface area contributed by atoms with Crippen LogP contribution >= 0.6 is 0 Å². The summed E-state index contributed by atoms with van der Waals surface area (Å²) in [6, 6.07) is 15.5. The standard InChI is InChI=1S/C25H22N2O5/c1-16-12-22(17(2)32-16)24(29)26-15-23(28)27-21-9-5-7-19(14-21)11-10-18-6-4-8-20(13-18)25(30)31-3/h4-9,12-14H,15H2,1-3H3,(H,26,29)(H,27,28). The molecule has 2 aromatic carbocycles. The molecule has 3 aromatic rings. The number of carbonyl (C=O) groups is 3. The molecule has 3 rings (SSSR count). The number of methoxy groups -OCH3 is 1. The number of nitrogens with one attached hydrogen (secondary N) is 2. The van der Waals surface area contributed by atoms with Crippen molar-refractivity contribution in [1.82, 2.24) is 5.32 Å². The van der Waals surface area contributed by atoms with E-state index in [-0.39, 0.29) is 18.4 Å². The van der Waals surface area contributed by atoms with Crippen LogP contribution in [0.4, 0.5) is 5.69 Å². The van der Waals surface area contributed by atoms with Crippen LogP contribution in [-0.4, -0.2) is 31.4 Å². The van der Waals surface area contributed by atoms with Crippen LogP contribution in [0.2, 0.25) is 0 Å². The summed E-state index contributed by atoms with van der Waals surface area (Å²) in [4.78, 5) is 36.1. The van der Waals surface area contributed by atoms with Crippen LogP contribution in [0.3, 0.4) is 0 Å². The highest BCUT2D eigenvalue weighted by Crippen LogP contribution is 2.13. The molecule has 0 bridgehead atoms. The van der Waals surface area contributed by atoms with E-state index in [1.54, 1.807) is 68.4 Å². The minimum Gasteiger partial charge on any atom is -0.466 e. The molecular formula is C25H22N2O5. The van der Waals surface area contributed by atoms with Crippen LogP contribution in [0.25, 0.3) is 0 Å². The van der Waals surface area contributed by atoms with Gasteiger partial charge < -0.3 is 19.8 Å². The van der Waals surface area contributed by atoms with Gasteiger partial charge in [0.05, 0.1) is 24.8 Å². The Morgan fingerprint density at radius 1 is 0.969 bits per heavy atom. The third-order valence-corrected chi connectivity index (χ3v) is 4.48. The first-order valence-corrected chi connectivity index (χ1v) is 9.81. The second-order valence-corrected chi connectivity index (χ2v) is 6.96. The number of benzene rings is 2. The average Bonchev–Trinajstić information content (AvgIpc) is 3.14. The van der Waals surface area contributed by atoms with Gasteiger partial charge >= 0.3 is 5.97 Å². The normalized spacial score (nSPS) is 9.97. The highest BCUT2D eigenvalue weighted by Gasteiger charge is 2.14. The fourth-order valence-electron chi connectivity index (χ4n) is 2.98. The quantitative estimate of drug-likeness (QED) is 0.477. The number of ether oxygens (including phenoxy) is 1. The molecule has 0 saturated heterocycles. The fourth-order valence-corrected chi connectivity index (χ4v) is 2.98. The number of hydrogen-bond acceptors (Lipinski definition) is 5. The van der Waals surface area contributed by atoms with Crippen molar-refractivity contribution in [3.05, 3.63) is 88.4 Å². The second kappa shape index (κ2) is 10.1. The van der Waals surface area contributed by atoms with Crippen LogP contribution < -0.4 is 10.6 Å². The number of furan rings is 1. The van der Waals surface area contributed by atoms with E-state index < -0.39 is 5.97 Å². The second-order valence-electron chi connectivity index (χ2n) is 6.96. The maximum absolute atomic E-state index is 12.2. The van der Waals surface area contributed by atoms with Crippen molar-refractivity contribution in [2.75, 3.05) is 19.0 Å². The van der Waals surface area contributed by atoms with Crippen molar-refractivity contribution in [3.63, 3.8) is 0 Å². The van der Waals surface area contributed by atoms with Crippen LogP contribution in [-0.2, 0) is 9.53 Å². The minimum atomic E-state index is -0.427. The van der Waals surface area contributed by atoms with E-state index >= 15 is 0 Å². The molecule has 2 amide bonds. The summed E-state index contributed by atoms with van der Waals surface area (Å²) in [7, 11) is 1.32. The number of aryl methyl sites for hydroxylation is 2. The van der Waals surface area contributed by atoms with Crippen molar-refractivity contribution in [2.24, 2.45) is 0 Å². The molecule has 0 saturated carbocycles. The molecule has 0 fully saturated rings. The summed E-state index contributed by atoms with van der Waals surface area (Å²) in [5.41, 5.74) is 2.72. The van der Waals surface area contributed by atoms with Crippen molar-refractivity contribution >= 4 is 23.5 Å². The minimum absolute atomic E-state index is 0.182.